The highest BCUT2D eigenvalue weighted by Gasteiger charge is 2.29. The molecule has 0 saturated carbocycles. The van der Waals surface area contributed by atoms with Crippen molar-refractivity contribution < 1.29 is 9.21 Å². The van der Waals surface area contributed by atoms with Gasteiger partial charge in [-0.25, -0.2) is 4.79 Å². The molecular formula is C22H25N3O3. The topological polar surface area (TPSA) is 69.6 Å². The largest absolute Gasteiger partial charge is 0.417 e. The van der Waals surface area contributed by atoms with Crippen LogP contribution < -0.4 is 10.7 Å². The van der Waals surface area contributed by atoms with Crippen LogP contribution in [-0.4, -0.2) is 42.0 Å². The maximum absolute atomic E-state index is 12.9. The quantitative estimate of drug-likeness (QED) is 0.756. The summed E-state index contributed by atoms with van der Waals surface area (Å²) in [5.74, 6) is -0.265. The number of para-hydroxylation sites is 1. The van der Waals surface area contributed by atoms with Crippen molar-refractivity contribution in [3.05, 3.63) is 64.6 Å². The summed E-state index contributed by atoms with van der Waals surface area (Å²) < 4.78 is 5.31. The Morgan fingerprint density at radius 3 is 2.46 bits per heavy atom. The van der Waals surface area contributed by atoms with E-state index in [1.165, 1.54) is 5.56 Å². The van der Waals surface area contributed by atoms with Gasteiger partial charge in [-0.05, 0) is 23.1 Å². The Balaban J connectivity index is 1.42. The average molecular weight is 379 g/mol. The van der Waals surface area contributed by atoms with Crippen LogP contribution in [0.25, 0.3) is 11.1 Å². The van der Waals surface area contributed by atoms with Crippen molar-refractivity contribution in [2.24, 2.45) is 0 Å². The molecule has 6 heteroatoms. The smallest absolute Gasteiger partial charge is 0.406 e. The summed E-state index contributed by atoms with van der Waals surface area (Å²) in [7, 11) is 0. The summed E-state index contributed by atoms with van der Waals surface area (Å²) in [6.07, 6.45) is 0.485. The zero-order valence-corrected chi connectivity index (χ0v) is 16.3. The average Bonchev–Trinajstić information content (AvgIpc) is 3.08. The number of fused-ring (bicyclic) bond motifs is 1. The second kappa shape index (κ2) is 7.19. The third-order valence-corrected chi connectivity index (χ3v) is 5.55. The molecule has 1 amide bonds. The highest BCUT2D eigenvalue weighted by Crippen LogP contribution is 2.29. The van der Waals surface area contributed by atoms with Crippen LogP contribution in [-0.2, 0) is 10.2 Å². The Bertz CT molecular complexity index is 1030. The molecule has 28 heavy (non-hydrogen) atoms. The van der Waals surface area contributed by atoms with Crippen LogP contribution in [0.1, 0.15) is 25.8 Å². The highest BCUT2D eigenvalue weighted by molar-refractivity contribution is 5.86. The molecule has 6 nitrogen and oxygen atoms in total. The number of carbonyl (C=O) groups is 1. The number of piperazine rings is 1. The lowest BCUT2D eigenvalue weighted by Gasteiger charge is -2.37. The van der Waals surface area contributed by atoms with Crippen LogP contribution in [0.15, 0.2) is 57.7 Å². The third-order valence-electron chi connectivity index (χ3n) is 5.55. The molecule has 0 atom stereocenters. The summed E-state index contributed by atoms with van der Waals surface area (Å²) in [5, 5.41) is 0. The van der Waals surface area contributed by atoms with E-state index >= 15 is 0 Å². The first kappa shape index (κ1) is 18.3. The predicted molar refractivity (Wildman–Crippen MR) is 110 cm³/mol. The van der Waals surface area contributed by atoms with E-state index in [4.69, 9.17) is 4.42 Å². The van der Waals surface area contributed by atoms with Gasteiger partial charge in [0.1, 0.15) is 0 Å². The number of rotatable bonds is 4. The molecule has 1 aliphatic heterocycles. The molecule has 0 unspecified atom stereocenters. The number of aromatic amines is 1. The number of aromatic nitrogens is 1. The maximum atomic E-state index is 12.9. The number of hydrogen-bond acceptors (Lipinski definition) is 4. The first-order chi connectivity index (χ1) is 13.4. The molecule has 1 N–H and O–H groups in total. The van der Waals surface area contributed by atoms with E-state index in [-0.39, 0.29) is 11.3 Å². The third kappa shape index (κ3) is 3.54. The number of carbonyl (C=O) groups excluding carboxylic acids is 1. The summed E-state index contributed by atoms with van der Waals surface area (Å²) in [6, 6.07) is 15.9. The van der Waals surface area contributed by atoms with Crippen LogP contribution in [0.3, 0.4) is 0 Å². The van der Waals surface area contributed by atoms with Crippen molar-refractivity contribution in [3.8, 4) is 0 Å². The number of benzene rings is 2. The van der Waals surface area contributed by atoms with Gasteiger partial charge in [0.2, 0.25) is 5.91 Å². The molecular weight excluding hydrogens is 354 g/mol. The van der Waals surface area contributed by atoms with Crippen molar-refractivity contribution in [2.75, 3.05) is 31.1 Å². The lowest BCUT2D eigenvalue weighted by molar-refractivity contribution is -0.132. The number of nitrogens with zero attached hydrogens (tertiary/aromatic N) is 2. The summed E-state index contributed by atoms with van der Waals surface area (Å²) in [5.41, 5.74) is 3.15. The minimum atomic E-state index is -0.445. The first-order valence-corrected chi connectivity index (χ1v) is 9.64. The van der Waals surface area contributed by atoms with Gasteiger partial charge in [0, 0.05) is 32.6 Å². The molecule has 3 aromatic rings. The van der Waals surface area contributed by atoms with E-state index in [1.807, 2.05) is 41.3 Å². The van der Waals surface area contributed by atoms with Gasteiger partial charge < -0.3 is 14.2 Å². The van der Waals surface area contributed by atoms with Gasteiger partial charge in [0.15, 0.2) is 5.58 Å². The Morgan fingerprint density at radius 1 is 1.04 bits per heavy atom. The van der Waals surface area contributed by atoms with Gasteiger partial charge in [-0.15, -0.1) is 0 Å². The van der Waals surface area contributed by atoms with Crippen LogP contribution in [0.5, 0.6) is 0 Å². The number of amides is 1. The van der Waals surface area contributed by atoms with E-state index in [1.54, 1.807) is 0 Å². The number of anilines is 1. The Labute approximate surface area is 163 Å². The van der Waals surface area contributed by atoms with Gasteiger partial charge in [-0.1, -0.05) is 50.2 Å². The van der Waals surface area contributed by atoms with Gasteiger partial charge in [-0.3, -0.25) is 9.78 Å². The molecule has 0 radical (unpaired) electrons. The Hall–Kier alpha value is -3.02. The van der Waals surface area contributed by atoms with Crippen molar-refractivity contribution in [1.29, 1.82) is 0 Å². The van der Waals surface area contributed by atoms with Crippen molar-refractivity contribution in [3.63, 3.8) is 0 Å². The number of nitrogens with one attached hydrogen (secondary N) is 1. The van der Waals surface area contributed by atoms with E-state index in [9.17, 15) is 9.59 Å². The van der Waals surface area contributed by atoms with Crippen LogP contribution in [0, 0.1) is 0 Å². The van der Waals surface area contributed by atoms with E-state index in [0.717, 1.165) is 5.69 Å². The zero-order chi connectivity index (χ0) is 19.7. The highest BCUT2D eigenvalue weighted by atomic mass is 16.4. The second-order valence-corrected chi connectivity index (χ2v) is 7.96. The molecule has 1 aromatic heterocycles. The normalized spacial score (nSPS) is 15.2. The molecule has 1 saturated heterocycles. The molecule has 0 aliphatic carbocycles. The molecule has 1 fully saturated rings. The molecule has 2 aromatic carbocycles. The molecule has 4 rings (SSSR count). The first-order valence-electron chi connectivity index (χ1n) is 9.64. The summed E-state index contributed by atoms with van der Waals surface area (Å²) in [6.45, 7) is 6.98. The number of H-pyrrole nitrogens is 1. The monoisotopic (exact) mass is 379 g/mol. The Kier molecular flexibility index (Phi) is 4.71. The zero-order valence-electron chi connectivity index (χ0n) is 16.3. The second-order valence-electron chi connectivity index (χ2n) is 7.96. The number of hydrogen-bond donors (Lipinski definition) is 1. The molecule has 2 heterocycles. The van der Waals surface area contributed by atoms with Crippen LogP contribution in [0.4, 0.5) is 5.69 Å². The van der Waals surface area contributed by atoms with Crippen molar-refractivity contribution in [1.82, 2.24) is 9.88 Å². The van der Waals surface area contributed by atoms with Crippen molar-refractivity contribution >= 4 is 22.7 Å². The fourth-order valence-electron chi connectivity index (χ4n) is 3.89. The van der Waals surface area contributed by atoms with Gasteiger partial charge in [-0.2, -0.15) is 0 Å². The molecule has 0 spiro atoms. The SMILES string of the molecule is CC(C)(CC(=O)N1CCN(c2cccc3[nH]c(=O)oc23)CC1)c1ccccc1. The van der Waals surface area contributed by atoms with Gasteiger partial charge in [0.25, 0.3) is 0 Å². The fourth-order valence-corrected chi connectivity index (χ4v) is 3.89. The minimum absolute atomic E-state index is 0.180. The lowest BCUT2D eigenvalue weighted by atomic mass is 9.81. The predicted octanol–water partition coefficient (Wildman–Crippen LogP) is 3.14. The minimum Gasteiger partial charge on any atom is -0.406 e. The van der Waals surface area contributed by atoms with E-state index < -0.39 is 5.76 Å². The lowest BCUT2D eigenvalue weighted by Crippen LogP contribution is -2.49. The Morgan fingerprint density at radius 2 is 1.75 bits per heavy atom. The summed E-state index contributed by atoms with van der Waals surface area (Å²) in [4.78, 5) is 31.2. The van der Waals surface area contributed by atoms with Crippen LogP contribution >= 0.6 is 0 Å². The van der Waals surface area contributed by atoms with E-state index in [2.05, 4.69) is 35.9 Å². The molecule has 0 bridgehead atoms. The van der Waals surface area contributed by atoms with E-state index in [0.29, 0.717) is 43.7 Å². The van der Waals surface area contributed by atoms with Crippen molar-refractivity contribution in [2.45, 2.75) is 25.7 Å². The van der Waals surface area contributed by atoms with Gasteiger partial charge >= 0.3 is 5.76 Å². The molecule has 1 aliphatic rings. The molecule has 146 valence electrons. The van der Waals surface area contributed by atoms with Gasteiger partial charge in [0.05, 0.1) is 11.2 Å². The summed E-state index contributed by atoms with van der Waals surface area (Å²) >= 11 is 0. The maximum Gasteiger partial charge on any atom is 0.417 e. The number of oxazole rings is 1. The van der Waals surface area contributed by atoms with Crippen LogP contribution in [0.2, 0.25) is 0 Å². The standard InChI is InChI=1S/C22H25N3O3/c1-22(2,16-7-4-3-5-8-16)15-19(26)25-13-11-24(12-14-25)18-10-6-9-17-20(18)28-21(27)23-17/h3-10H,11-15H2,1-2H3,(H,23,27). The fraction of sp³-hybridized carbons (Fsp3) is 0.364.